The van der Waals surface area contributed by atoms with Gasteiger partial charge < -0.3 is 15.2 Å². The molecule has 1 aromatic rings. The van der Waals surface area contributed by atoms with Crippen LogP contribution < -0.4 is 5.32 Å². The largest absolute Gasteiger partial charge is 0.465 e. The van der Waals surface area contributed by atoms with Gasteiger partial charge in [0, 0.05) is 17.6 Å². The second kappa shape index (κ2) is 6.74. The molecule has 0 radical (unpaired) electrons. The third-order valence-electron chi connectivity index (χ3n) is 2.23. The van der Waals surface area contributed by atoms with Crippen LogP contribution in [0.4, 0.5) is 0 Å². The summed E-state index contributed by atoms with van der Waals surface area (Å²) in [6, 6.07) is 5.30. The lowest BCUT2D eigenvalue weighted by Crippen LogP contribution is -2.24. The van der Waals surface area contributed by atoms with Crippen molar-refractivity contribution in [3.8, 4) is 0 Å². The molecule has 0 aliphatic heterocycles. The first-order valence-electron chi connectivity index (χ1n) is 5.30. The lowest BCUT2D eigenvalue weighted by molar-refractivity contribution is 0.0600. The lowest BCUT2D eigenvalue weighted by atomic mass is 10.1. The van der Waals surface area contributed by atoms with Gasteiger partial charge >= 0.3 is 5.97 Å². The predicted octanol–water partition coefficient (Wildman–Crippen LogP) is 1.71. The van der Waals surface area contributed by atoms with Crippen molar-refractivity contribution in [2.45, 2.75) is 19.6 Å². The highest BCUT2D eigenvalue weighted by Gasteiger charge is 2.08. The maximum Gasteiger partial charge on any atom is 0.337 e. The molecule has 1 rings (SSSR count). The average molecular weight is 302 g/mol. The highest BCUT2D eigenvalue weighted by atomic mass is 79.9. The zero-order valence-corrected chi connectivity index (χ0v) is 11.5. The van der Waals surface area contributed by atoms with E-state index in [1.807, 2.05) is 6.07 Å². The van der Waals surface area contributed by atoms with Crippen LogP contribution in [-0.4, -0.2) is 30.8 Å². The molecule has 0 saturated heterocycles. The van der Waals surface area contributed by atoms with Crippen LogP contribution in [0.1, 0.15) is 22.8 Å². The molecule has 0 aliphatic rings. The molecule has 2 N–H and O–H groups in total. The quantitative estimate of drug-likeness (QED) is 0.813. The molecule has 0 bridgehead atoms. The zero-order valence-electron chi connectivity index (χ0n) is 9.87. The van der Waals surface area contributed by atoms with Crippen molar-refractivity contribution >= 4 is 21.9 Å². The fraction of sp³-hybridized carbons (Fsp3) is 0.417. The van der Waals surface area contributed by atoms with Gasteiger partial charge in [0.15, 0.2) is 0 Å². The number of esters is 1. The molecular weight excluding hydrogens is 286 g/mol. The van der Waals surface area contributed by atoms with Crippen LogP contribution >= 0.6 is 15.9 Å². The maximum atomic E-state index is 11.3. The molecule has 0 heterocycles. The standard InChI is InChI=1S/C12H16BrNO3/c1-8(15)6-14-7-10-4-3-9(5-11(10)13)12(16)17-2/h3-5,8,14-15H,6-7H2,1-2H3. The van der Waals surface area contributed by atoms with Crippen LogP contribution in [0.5, 0.6) is 0 Å². The number of hydrogen-bond acceptors (Lipinski definition) is 4. The summed E-state index contributed by atoms with van der Waals surface area (Å²) in [6.07, 6.45) is -0.372. The molecule has 0 fully saturated rings. The van der Waals surface area contributed by atoms with Crippen molar-refractivity contribution < 1.29 is 14.6 Å². The number of aliphatic hydroxyl groups excluding tert-OH is 1. The summed E-state index contributed by atoms with van der Waals surface area (Å²) in [7, 11) is 1.36. The average Bonchev–Trinajstić information content (AvgIpc) is 2.29. The van der Waals surface area contributed by atoms with Crippen molar-refractivity contribution in [3.63, 3.8) is 0 Å². The van der Waals surface area contributed by atoms with Gasteiger partial charge in [-0.1, -0.05) is 22.0 Å². The van der Waals surface area contributed by atoms with Crippen LogP contribution in [0.15, 0.2) is 22.7 Å². The van der Waals surface area contributed by atoms with Gasteiger partial charge in [-0.05, 0) is 24.6 Å². The summed E-state index contributed by atoms with van der Waals surface area (Å²) in [5.74, 6) is -0.353. The molecule has 5 heteroatoms. The molecule has 94 valence electrons. The fourth-order valence-electron chi connectivity index (χ4n) is 1.35. The van der Waals surface area contributed by atoms with Crippen LogP contribution in [0.3, 0.4) is 0 Å². The van der Waals surface area contributed by atoms with Crippen molar-refractivity contribution in [2.75, 3.05) is 13.7 Å². The van der Waals surface area contributed by atoms with Crippen LogP contribution in [0.25, 0.3) is 0 Å². The summed E-state index contributed by atoms with van der Waals surface area (Å²) in [6.45, 7) is 2.89. The topological polar surface area (TPSA) is 58.6 Å². The number of aliphatic hydroxyl groups is 1. The number of halogens is 1. The highest BCUT2D eigenvalue weighted by molar-refractivity contribution is 9.10. The first-order valence-corrected chi connectivity index (χ1v) is 6.09. The molecule has 0 aromatic heterocycles. The van der Waals surface area contributed by atoms with Crippen LogP contribution in [0, 0.1) is 0 Å². The molecule has 4 nitrogen and oxygen atoms in total. The third-order valence-corrected chi connectivity index (χ3v) is 2.97. The van der Waals surface area contributed by atoms with Gasteiger partial charge in [-0.3, -0.25) is 0 Å². The van der Waals surface area contributed by atoms with E-state index in [4.69, 9.17) is 5.11 Å². The normalized spacial score (nSPS) is 12.2. The van der Waals surface area contributed by atoms with E-state index in [-0.39, 0.29) is 12.1 Å². The smallest absolute Gasteiger partial charge is 0.337 e. The zero-order chi connectivity index (χ0) is 12.8. The first-order chi connectivity index (χ1) is 8.04. The fourth-order valence-corrected chi connectivity index (χ4v) is 1.87. The number of hydrogen-bond donors (Lipinski definition) is 2. The molecule has 1 aromatic carbocycles. The molecule has 0 spiro atoms. The second-order valence-electron chi connectivity index (χ2n) is 3.78. The molecule has 0 amide bonds. The Morgan fingerprint density at radius 3 is 2.82 bits per heavy atom. The Hall–Kier alpha value is -0.910. The van der Waals surface area contributed by atoms with Gasteiger partial charge in [-0.25, -0.2) is 4.79 Å². The first kappa shape index (κ1) is 14.2. The van der Waals surface area contributed by atoms with Crippen molar-refractivity contribution in [1.82, 2.24) is 5.32 Å². The second-order valence-corrected chi connectivity index (χ2v) is 4.63. The highest BCUT2D eigenvalue weighted by Crippen LogP contribution is 2.19. The van der Waals surface area contributed by atoms with Gasteiger partial charge in [0.1, 0.15) is 0 Å². The van der Waals surface area contributed by atoms with Crippen molar-refractivity contribution in [1.29, 1.82) is 0 Å². The summed E-state index contributed by atoms with van der Waals surface area (Å²) >= 11 is 3.40. The summed E-state index contributed by atoms with van der Waals surface area (Å²) in [5, 5.41) is 12.2. The van der Waals surface area contributed by atoms with E-state index >= 15 is 0 Å². The molecule has 17 heavy (non-hydrogen) atoms. The van der Waals surface area contributed by atoms with Crippen LogP contribution in [0.2, 0.25) is 0 Å². The predicted molar refractivity (Wildman–Crippen MR) is 68.9 cm³/mol. The Kier molecular flexibility index (Phi) is 5.61. The minimum Gasteiger partial charge on any atom is -0.465 e. The SMILES string of the molecule is COC(=O)c1ccc(CNCC(C)O)c(Br)c1. The van der Waals surface area contributed by atoms with E-state index in [9.17, 15) is 4.79 Å². The number of benzene rings is 1. The van der Waals surface area contributed by atoms with Gasteiger partial charge in [0.05, 0.1) is 18.8 Å². The Labute approximate surface area is 109 Å². The van der Waals surface area contributed by atoms with E-state index in [2.05, 4.69) is 26.0 Å². The minimum atomic E-state index is -0.372. The Morgan fingerprint density at radius 2 is 2.29 bits per heavy atom. The number of methoxy groups -OCH3 is 1. The van der Waals surface area contributed by atoms with Crippen molar-refractivity contribution in [2.24, 2.45) is 0 Å². The van der Waals surface area contributed by atoms with Gasteiger partial charge in [0.25, 0.3) is 0 Å². The van der Waals surface area contributed by atoms with Gasteiger partial charge in [-0.2, -0.15) is 0 Å². The van der Waals surface area contributed by atoms with E-state index in [0.29, 0.717) is 18.7 Å². The maximum absolute atomic E-state index is 11.3. The van der Waals surface area contributed by atoms with Gasteiger partial charge in [-0.15, -0.1) is 0 Å². The Morgan fingerprint density at radius 1 is 1.59 bits per heavy atom. The summed E-state index contributed by atoms with van der Waals surface area (Å²) in [5.41, 5.74) is 1.54. The lowest BCUT2D eigenvalue weighted by Gasteiger charge is -2.09. The third kappa shape index (κ3) is 4.46. The molecule has 0 saturated carbocycles. The van der Waals surface area contributed by atoms with E-state index in [1.165, 1.54) is 7.11 Å². The monoisotopic (exact) mass is 301 g/mol. The van der Waals surface area contributed by atoms with Gasteiger partial charge in [0.2, 0.25) is 0 Å². The molecule has 1 atom stereocenters. The minimum absolute atomic E-state index is 0.353. The number of carbonyl (C=O) groups excluding carboxylic acids is 1. The summed E-state index contributed by atoms with van der Waals surface area (Å²) in [4.78, 5) is 11.3. The number of carbonyl (C=O) groups is 1. The Balaban J connectivity index is 2.66. The number of rotatable bonds is 5. The van der Waals surface area contributed by atoms with E-state index < -0.39 is 0 Å². The van der Waals surface area contributed by atoms with E-state index in [1.54, 1.807) is 19.1 Å². The van der Waals surface area contributed by atoms with Crippen molar-refractivity contribution in [3.05, 3.63) is 33.8 Å². The number of ether oxygens (including phenoxy) is 1. The van der Waals surface area contributed by atoms with E-state index in [0.717, 1.165) is 10.0 Å². The Bertz CT molecular complexity index is 393. The summed E-state index contributed by atoms with van der Waals surface area (Å²) < 4.78 is 5.48. The molecule has 1 unspecified atom stereocenters. The van der Waals surface area contributed by atoms with Crippen LogP contribution in [-0.2, 0) is 11.3 Å². The number of nitrogens with one attached hydrogen (secondary N) is 1. The molecular formula is C12H16BrNO3. The molecule has 0 aliphatic carbocycles.